The maximum absolute atomic E-state index is 13.5. The standard InChI is InChI=1S/C27H22F3N3O4/c28-27(29,30)19-5-1-3-16(11-19)17-7-8-22-21(13-17)26(37)33-10-9-32(14-23(33)25(36)31-22)15-24(35)18-4-2-6-20(34)12-18/h1-8,11-13,23,34H,9-10,14-15H2,(H,31,36). The number of fused-ring (bicyclic) bond motifs is 2. The zero-order valence-corrected chi connectivity index (χ0v) is 19.5. The number of anilines is 1. The topological polar surface area (TPSA) is 90.0 Å². The highest BCUT2D eigenvalue weighted by Crippen LogP contribution is 2.34. The molecule has 0 aliphatic carbocycles. The largest absolute Gasteiger partial charge is 0.508 e. The van der Waals surface area contributed by atoms with E-state index >= 15 is 0 Å². The van der Waals surface area contributed by atoms with E-state index in [0.29, 0.717) is 23.2 Å². The predicted octanol–water partition coefficient (Wildman–Crippen LogP) is 4.04. The average Bonchev–Trinajstić information content (AvgIpc) is 2.97. The van der Waals surface area contributed by atoms with Crippen molar-refractivity contribution in [3.05, 3.63) is 83.4 Å². The lowest BCUT2D eigenvalue weighted by Crippen LogP contribution is -2.59. The second-order valence-corrected chi connectivity index (χ2v) is 9.05. The van der Waals surface area contributed by atoms with Crippen molar-refractivity contribution in [1.82, 2.24) is 9.80 Å². The summed E-state index contributed by atoms with van der Waals surface area (Å²) in [6.07, 6.45) is -4.50. The predicted molar refractivity (Wildman–Crippen MR) is 129 cm³/mol. The third-order valence-electron chi connectivity index (χ3n) is 6.59. The minimum Gasteiger partial charge on any atom is -0.508 e. The number of hydrogen-bond acceptors (Lipinski definition) is 5. The molecule has 0 saturated carbocycles. The number of nitrogens with zero attached hydrogens (tertiary/aromatic N) is 2. The number of Topliss-reactive ketones (excluding diaryl/α,β-unsaturated/α-hetero) is 1. The monoisotopic (exact) mass is 509 g/mol. The van der Waals surface area contributed by atoms with Crippen LogP contribution in [0.25, 0.3) is 11.1 Å². The highest BCUT2D eigenvalue weighted by Gasteiger charge is 2.39. The van der Waals surface area contributed by atoms with Crippen molar-refractivity contribution in [2.75, 3.05) is 31.5 Å². The van der Waals surface area contributed by atoms with Gasteiger partial charge in [0.15, 0.2) is 5.78 Å². The van der Waals surface area contributed by atoms with E-state index < -0.39 is 29.6 Å². The summed E-state index contributed by atoms with van der Waals surface area (Å²) in [5.74, 6) is -1.06. The fourth-order valence-corrected chi connectivity index (χ4v) is 4.68. The van der Waals surface area contributed by atoms with Crippen molar-refractivity contribution in [1.29, 1.82) is 0 Å². The molecule has 2 amide bonds. The van der Waals surface area contributed by atoms with E-state index in [9.17, 15) is 32.7 Å². The number of rotatable bonds is 4. The van der Waals surface area contributed by atoms with Crippen molar-refractivity contribution in [3.8, 4) is 16.9 Å². The van der Waals surface area contributed by atoms with Crippen LogP contribution < -0.4 is 5.32 Å². The molecule has 37 heavy (non-hydrogen) atoms. The highest BCUT2D eigenvalue weighted by atomic mass is 19.4. The number of hydrogen-bond donors (Lipinski definition) is 2. The first-order chi connectivity index (χ1) is 17.6. The first-order valence-electron chi connectivity index (χ1n) is 11.6. The van der Waals surface area contributed by atoms with Gasteiger partial charge in [0.25, 0.3) is 5.91 Å². The molecule has 2 N–H and O–H groups in total. The maximum Gasteiger partial charge on any atom is 0.416 e. The van der Waals surface area contributed by atoms with E-state index in [-0.39, 0.29) is 42.4 Å². The first kappa shape index (κ1) is 24.5. The Kier molecular flexibility index (Phi) is 6.20. The normalized spacial score (nSPS) is 18.0. The van der Waals surface area contributed by atoms with Crippen molar-refractivity contribution < 1.29 is 32.7 Å². The van der Waals surface area contributed by atoms with E-state index in [4.69, 9.17) is 0 Å². The number of ketones is 1. The van der Waals surface area contributed by atoms with E-state index in [1.54, 1.807) is 23.1 Å². The van der Waals surface area contributed by atoms with Gasteiger partial charge in [-0.1, -0.05) is 30.3 Å². The zero-order valence-electron chi connectivity index (χ0n) is 19.5. The van der Waals surface area contributed by atoms with Crippen molar-refractivity contribution >= 4 is 23.3 Å². The molecule has 2 heterocycles. The second-order valence-electron chi connectivity index (χ2n) is 9.05. The number of carbonyl (C=O) groups excluding carboxylic acids is 3. The third-order valence-corrected chi connectivity index (χ3v) is 6.59. The Labute approximate surface area is 210 Å². The Morgan fingerprint density at radius 3 is 2.49 bits per heavy atom. The van der Waals surface area contributed by atoms with Gasteiger partial charge >= 0.3 is 6.18 Å². The van der Waals surface area contributed by atoms with Gasteiger partial charge < -0.3 is 15.3 Å². The molecule has 3 aromatic carbocycles. The van der Waals surface area contributed by atoms with E-state index in [1.807, 2.05) is 0 Å². The number of benzene rings is 3. The molecule has 0 aromatic heterocycles. The molecule has 2 aliphatic rings. The Balaban J connectivity index is 1.37. The lowest BCUT2D eigenvalue weighted by molar-refractivity contribution is -0.137. The van der Waals surface area contributed by atoms with Gasteiger partial charge in [-0.05, 0) is 47.5 Å². The molecule has 3 aromatic rings. The summed E-state index contributed by atoms with van der Waals surface area (Å²) in [4.78, 5) is 42.4. The van der Waals surface area contributed by atoms with Gasteiger partial charge in [-0.2, -0.15) is 13.2 Å². The fourth-order valence-electron chi connectivity index (χ4n) is 4.68. The Morgan fingerprint density at radius 2 is 1.73 bits per heavy atom. The molecule has 10 heteroatoms. The SMILES string of the molecule is O=C(CN1CCN2C(=O)c3cc(-c4cccc(C(F)(F)F)c4)ccc3NC(=O)C2C1)c1cccc(O)c1. The molecule has 1 saturated heterocycles. The Morgan fingerprint density at radius 1 is 0.973 bits per heavy atom. The van der Waals surface area contributed by atoms with E-state index in [0.717, 1.165) is 12.1 Å². The van der Waals surface area contributed by atoms with E-state index in [1.165, 1.54) is 41.3 Å². The number of nitrogens with one attached hydrogen (secondary N) is 1. The molecule has 2 aliphatic heterocycles. The molecule has 0 radical (unpaired) electrons. The van der Waals surface area contributed by atoms with E-state index in [2.05, 4.69) is 5.32 Å². The summed E-state index contributed by atoms with van der Waals surface area (Å²) in [5, 5.41) is 12.4. The molecule has 5 rings (SSSR count). The summed E-state index contributed by atoms with van der Waals surface area (Å²) in [5.41, 5.74) is 0.737. The van der Waals surface area contributed by atoms with Crippen LogP contribution in [0, 0.1) is 0 Å². The maximum atomic E-state index is 13.5. The number of piperazine rings is 1. The molecular weight excluding hydrogens is 487 g/mol. The molecule has 1 atom stereocenters. The van der Waals surface area contributed by atoms with Crippen molar-refractivity contribution in [2.45, 2.75) is 12.2 Å². The quantitative estimate of drug-likeness (QED) is 0.519. The van der Waals surface area contributed by atoms with Crippen LogP contribution >= 0.6 is 0 Å². The summed E-state index contributed by atoms with van der Waals surface area (Å²) >= 11 is 0. The zero-order chi connectivity index (χ0) is 26.3. The number of carbonyl (C=O) groups is 3. The van der Waals surface area contributed by atoms with Crippen molar-refractivity contribution in [3.63, 3.8) is 0 Å². The van der Waals surface area contributed by atoms with Crippen molar-refractivity contribution in [2.24, 2.45) is 0 Å². The highest BCUT2D eigenvalue weighted by molar-refractivity contribution is 6.10. The smallest absolute Gasteiger partial charge is 0.416 e. The van der Waals surface area contributed by atoms with Gasteiger partial charge in [0, 0.05) is 25.2 Å². The molecule has 190 valence electrons. The van der Waals surface area contributed by atoms with Gasteiger partial charge in [0.05, 0.1) is 23.4 Å². The van der Waals surface area contributed by atoms with Crippen LogP contribution in [0.2, 0.25) is 0 Å². The first-order valence-corrected chi connectivity index (χ1v) is 11.6. The third kappa shape index (κ3) is 4.92. The molecule has 1 unspecified atom stereocenters. The van der Waals surface area contributed by atoms with Gasteiger partial charge in [-0.3, -0.25) is 19.3 Å². The number of phenols is 1. The number of alkyl halides is 3. The second kappa shape index (κ2) is 9.36. The summed E-state index contributed by atoms with van der Waals surface area (Å²) in [6, 6.07) is 14.6. The Hall–Kier alpha value is -4.18. The van der Waals surface area contributed by atoms with Crippen LogP contribution in [-0.4, -0.2) is 64.7 Å². The number of aromatic hydroxyl groups is 1. The van der Waals surface area contributed by atoms with Gasteiger partial charge in [-0.15, -0.1) is 0 Å². The van der Waals surface area contributed by atoms with Crippen LogP contribution in [0.15, 0.2) is 66.7 Å². The minimum atomic E-state index is -4.50. The molecule has 1 fully saturated rings. The van der Waals surface area contributed by atoms with Crippen LogP contribution in [0.1, 0.15) is 26.3 Å². The van der Waals surface area contributed by atoms with Crippen LogP contribution in [0.3, 0.4) is 0 Å². The summed E-state index contributed by atoms with van der Waals surface area (Å²) in [6.45, 7) is 0.693. The molecular formula is C27H22F3N3O4. The Bertz CT molecular complexity index is 1410. The summed E-state index contributed by atoms with van der Waals surface area (Å²) in [7, 11) is 0. The molecule has 0 bridgehead atoms. The lowest BCUT2D eigenvalue weighted by Gasteiger charge is -2.39. The molecule has 7 nitrogen and oxygen atoms in total. The fraction of sp³-hybridized carbons (Fsp3) is 0.222. The number of amides is 2. The average molecular weight is 509 g/mol. The molecule has 0 spiro atoms. The summed E-state index contributed by atoms with van der Waals surface area (Å²) < 4.78 is 39.5. The van der Waals surface area contributed by atoms with Gasteiger partial charge in [0.2, 0.25) is 5.91 Å². The van der Waals surface area contributed by atoms with Crippen LogP contribution in [0.4, 0.5) is 18.9 Å². The van der Waals surface area contributed by atoms with Gasteiger partial charge in [0.1, 0.15) is 11.8 Å². The minimum absolute atomic E-state index is 0.0158. The lowest BCUT2D eigenvalue weighted by atomic mass is 9.99. The van der Waals surface area contributed by atoms with Crippen LogP contribution in [0.5, 0.6) is 5.75 Å². The van der Waals surface area contributed by atoms with Gasteiger partial charge in [-0.25, -0.2) is 0 Å². The number of halogens is 3. The number of phenolic OH excluding ortho intramolecular Hbond substituents is 1. The van der Waals surface area contributed by atoms with Crippen LogP contribution in [-0.2, 0) is 11.0 Å².